The van der Waals surface area contributed by atoms with Gasteiger partial charge in [0, 0.05) is 35.2 Å². The van der Waals surface area contributed by atoms with Gasteiger partial charge in [0.05, 0.1) is 18.8 Å². The molecule has 0 radical (unpaired) electrons. The van der Waals surface area contributed by atoms with E-state index in [-0.39, 0.29) is 30.6 Å². The van der Waals surface area contributed by atoms with E-state index in [0.717, 1.165) is 28.8 Å². The number of aromatic nitrogens is 1. The molecule has 2 aromatic rings. The molecular formula is C31H36FN3O2S. The molecule has 1 saturated heterocycles. The number of likely N-dealkylation sites (tertiary alicyclic amines) is 1. The molecule has 1 aliphatic heterocycles. The predicted octanol–water partition coefficient (Wildman–Crippen LogP) is 5.81. The Balaban J connectivity index is 1.74. The van der Waals surface area contributed by atoms with Crippen LogP contribution in [0.3, 0.4) is 0 Å². The van der Waals surface area contributed by atoms with E-state index in [1.165, 1.54) is 10.6 Å². The van der Waals surface area contributed by atoms with Crippen molar-refractivity contribution < 1.29 is 9.18 Å². The average Bonchev–Trinajstić information content (AvgIpc) is 2.89. The number of aryl methyl sites for hydroxylation is 2. The molecule has 5 nitrogen and oxygen atoms in total. The van der Waals surface area contributed by atoms with Crippen molar-refractivity contribution >= 4 is 17.7 Å². The van der Waals surface area contributed by atoms with E-state index in [2.05, 4.69) is 48.9 Å². The summed E-state index contributed by atoms with van der Waals surface area (Å²) in [4.78, 5) is 27.3. The van der Waals surface area contributed by atoms with Crippen LogP contribution in [0.15, 0.2) is 77.3 Å². The second-order valence-electron chi connectivity index (χ2n) is 10.1. The van der Waals surface area contributed by atoms with Gasteiger partial charge in [-0.2, -0.15) is 11.8 Å². The monoisotopic (exact) mass is 533 g/mol. The van der Waals surface area contributed by atoms with Crippen LogP contribution in [0.5, 0.6) is 0 Å². The topological polar surface area (TPSA) is 54.3 Å². The molecule has 2 atom stereocenters. The third kappa shape index (κ3) is 6.21. The number of carbonyl (C=O) groups excluding carboxylic acids is 1. The Morgan fingerprint density at radius 2 is 1.82 bits per heavy atom. The molecule has 7 heteroatoms. The number of amides is 1. The summed E-state index contributed by atoms with van der Waals surface area (Å²) in [5, 5.41) is 4.10. The summed E-state index contributed by atoms with van der Waals surface area (Å²) < 4.78 is 14.9. The molecule has 0 bridgehead atoms. The van der Waals surface area contributed by atoms with E-state index in [1.54, 1.807) is 23.7 Å². The summed E-state index contributed by atoms with van der Waals surface area (Å²) >= 11 is 1.84. The van der Waals surface area contributed by atoms with E-state index in [1.807, 2.05) is 49.9 Å². The molecule has 0 saturated carbocycles. The second kappa shape index (κ2) is 12.0. The van der Waals surface area contributed by atoms with Crippen molar-refractivity contribution in [2.45, 2.75) is 44.7 Å². The predicted molar refractivity (Wildman–Crippen MR) is 156 cm³/mol. The number of hydrogen-bond acceptors (Lipinski definition) is 4. The number of benzene rings is 1. The number of nitrogens with one attached hydrogen (secondary N) is 1. The van der Waals surface area contributed by atoms with Crippen LogP contribution in [-0.4, -0.2) is 46.1 Å². The van der Waals surface area contributed by atoms with Gasteiger partial charge in [-0.25, -0.2) is 4.39 Å². The minimum absolute atomic E-state index is 0.0415. The largest absolute Gasteiger partial charge is 0.381 e. The van der Waals surface area contributed by atoms with Gasteiger partial charge in [-0.05, 0) is 68.8 Å². The summed E-state index contributed by atoms with van der Waals surface area (Å²) in [6.45, 7) is 6.28. The van der Waals surface area contributed by atoms with Gasteiger partial charge in [0.1, 0.15) is 6.17 Å². The Bertz CT molecular complexity index is 1370. The summed E-state index contributed by atoms with van der Waals surface area (Å²) in [5.74, 6) is -0.174. The molecule has 1 N–H and O–H groups in total. The summed E-state index contributed by atoms with van der Waals surface area (Å²) in [6.07, 6.45) is 8.64. The Labute approximate surface area is 228 Å². The molecule has 200 valence electrons. The normalized spacial score (nSPS) is 17.8. The maximum Gasteiger partial charge on any atom is 0.254 e. The SMILES string of the molecule is CSC1CC=CC=C1N[C@H](C)c1ccc(-c2ccc(C(=O)N3CC(F)C3)cc2)n(C)c(=O)c(C)cc(C)c1. The van der Waals surface area contributed by atoms with Gasteiger partial charge in [0.2, 0.25) is 0 Å². The van der Waals surface area contributed by atoms with Gasteiger partial charge in [0.15, 0.2) is 0 Å². The van der Waals surface area contributed by atoms with Crippen molar-refractivity contribution in [1.82, 2.24) is 14.8 Å². The van der Waals surface area contributed by atoms with Crippen molar-refractivity contribution in [2.24, 2.45) is 7.05 Å². The zero-order valence-electron chi connectivity index (χ0n) is 22.7. The van der Waals surface area contributed by atoms with Crippen molar-refractivity contribution in [3.63, 3.8) is 0 Å². The summed E-state index contributed by atoms with van der Waals surface area (Å²) in [7, 11) is 1.77. The van der Waals surface area contributed by atoms with Crippen LogP contribution in [0, 0.1) is 13.8 Å². The van der Waals surface area contributed by atoms with Crippen LogP contribution in [0.2, 0.25) is 0 Å². The first-order chi connectivity index (χ1) is 18.2. The van der Waals surface area contributed by atoms with Crippen LogP contribution < -0.4 is 10.9 Å². The first kappa shape index (κ1) is 27.7. The van der Waals surface area contributed by atoms with Gasteiger partial charge < -0.3 is 14.8 Å². The lowest BCUT2D eigenvalue weighted by Gasteiger charge is -2.34. The molecule has 0 spiro atoms. The highest BCUT2D eigenvalue weighted by Crippen LogP contribution is 2.26. The zero-order chi connectivity index (χ0) is 27.4. The molecule has 1 amide bonds. The average molecular weight is 534 g/mol. The first-order valence-corrected chi connectivity index (χ1v) is 14.2. The third-order valence-electron chi connectivity index (χ3n) is 7.10. The Morgan fingerprint density at radius 1 is 1.11 bits per heavy atom. The molecule has 1 fully saturated rings. The first-order valence-electron chi connectivity index (χ1n) is 12.9. The second-order valence-corrected chi connectivity index (χ2v) is 11.1. The highest BCUT2D eigenvalue weighted by molar-refractivity contribution is 7.99. The van der Waals surface area contributed by atoms with Crippen molar-refractivity contribution in [3.05, 3.63) is 105 Å². The Kier molecular flexibility index (Phi) is 8.77. The number of halogens is 1. The lowest BCUT2D eigenvalue weighted by atomic mass is 10.0. The minimum atomic E-state index is -0.935. The highest BCUT2D eigenvalue weighted by Gasteiger charge is 2.30. The number of hydrogen-bond donors (Lipinski definition) is 1. The Morgan fingerprint density at radius 3 is 2.47 bits per heavy atom. The molecule has 1 unspecified atom stereocenters. The lowest BCUT2D eigenvalue weighted by Crippen LogP contribution is -2.51. The number of nitrogens with zero attached hydrogens (tertiary/aromatic N) is 2. The van der Waals surface area contributed by atoms with Crippen LogP contribution in [-0.2, 0) is 7.05 Å². The molecule has 2 heterocycles. The number of carbonyl (C=O) groups is 1. The maximum absolute atomic E-state index is 13.2. The number of thioether (sulfide) groups is 1. The third-order valence-corrected chi connectivity index (χ3v) is 8.12. The fourth-order valence-electron chi connectivity index (χ4n) is 4.84. The van der Waals surface area contributed by atoms with E-state index in [4.69, 9.17) is 0 Å². The van der Waals surface area contributed by atoms with E-state index in [0.29, 0.717) is 16.4 Å². The van der Waals surface area contributed by atoms with Crippen LogP contribution >= 0.6 is 11.8 Å². The van der Waals surface area contributed by atoms with Gasteiger partial charge in [-0.1, -0.05) is 48.0 Å². The molecule has 2 aliphatic rings. The zero-order valence-corrected chi connectivity index (χ0v) is 23.5. The van der Waals surface area contributed by atoms with Gasteiger partial charge in [0.25, 0.3) is 11.5 Å². The highest BCUT2D eigenvalue weighted by atomic mass is 32.2. The van der Waals surface area contributed by atoms with Crippen LogP contribution in [0.4, 0.5) is 4.39 Å². The quantitative estimate of drug-likeness (QED) is 0.509. The van der Waals surface area contributed by atoms with Crippen molar-refractivity contribution in [1.29, 1.82) is 0 Å². The van der Waals surface area contributed by atoms with Crippen LogP contribution in [0.25, 0.3) is 11.3 Å². The van der Waals surface area contributed by atoms with Gasteiger partial charge in [-0.3, -0.25) is 9.59 Å². The van der Waals surface area contributed by atoms with E-state index < -0.39 is 6.17 Å². The maximum atomic E-state index is 13.2. The fourth-order valence-corrected chi connectivity index (χ4v) is 5.54. The molecule has 4 rings (SSSR count). The molecule has 38 heavy (non-hydrogen) atoms. The van der Waals surface area contributed by atoms with Gasteiger partial charge in [-0.15, -0.1) is 0 Å². The number of allylic oxidation sites excluding steroid dienone is 3. The fraction of sp³-hybridized carbons (Fsp3) is 0.355. The van der Waals surface area contributed by atoms with E-state index in [9.17, 15) is 14.0 Å². The van der Waals surface area contributed by atoms with Gasteiger partial charge >= 0.3 is 0 Å². The summed E-state index contributed by atoms with van der Waals surface area (Å²) in [6, 6.07) is 15.3. The van der Waals surface area contributed by atoms with E-state index >= 15 is 0 Å². The molecule has 1 aromatic carbocycles. The smallest absolute Gasteiger partial charge is 0.254 e. The van der Waals surface area contributed by atoms with Crippen molar-refractivity contribution in [2.75, 3.05) is 19.3 Å². The standard InChI is InChI=1S/C31H36FN3O2S/c1-20-16-21(2)30(36)34(4)28(23-10-12-24(13-11-23)31(37)35-18-26(32)19-35)15-14-25(17-20)22(3)33-27-8-6-7-9-29(27)38-5/h6-8,10-17,22,26,29,33H,9,18-19H2,1-5H3/t22-,29?/m1/s1. The van der Waals surface area contributed by atoms with Crippen LogP contribution in [0.1, 0.15) is 46.4 Å². The number of rotatable bonds is 6. The number of alkyl halides is 1. The minimum Gasteiger partial charge on any atom is -0.381 e. The molecular weight excluding hydrogens is 497 g/mol. The molecule has 1 aromatic heterocycles. The lowest BCUT2D eigenvalue weighted by molar-refractivity contribution is 0.0400. The summed E-state index contributed by atoms with van der Waals surface area (Å²) in [5.41, 5.74) is 5.91. The molecule has 1 aliphatic carbocycles. The Hall–Kier alpha value is -3.32. The van der Waals surface area contributed by atoms with Crippen molar-refractivity contribution in [3.8, 4) is 11.3 Å².